The summed E-state index contributed by atoms with van der Waals surface area (Å²) in [7, 11) is 0. The highest BCUT2D eigenvalue weighted by Gasteiger charge is 2.37. The van der Waals surface area contributed by atoms with Crippen molar-refractivity contribution in [1.82, 2.24) is 5.32 Å². The van der Waals surface area contributed by atoms with Crippen LogP contribution in [0.2, 0.25) is 0 Å². The summed E-state index contributed by atoms with van der Waals surface area (Å²) in [6.07, 6.45) is 5.89. The third-order valence-corrected chi connectivity index (χ3v) is 4.18. The summed E-state index contributed by atoms with van der Waals surface area (Å²) >= 11 is 0. The first kappa shape index (κ1) is 9.51. The predicted octanol–water partition coefficient (Wildman–Crippen LogP) is 2.67. The lowest BCUT2D eigenvalue weighted by Crippen LogP contribution is -2.13. The Bertz CT molecular complexity index is 152. The van der Waals surface area contributed by atoms with Crippen molar-refractivity contribution in [3.05, 3.63) is 0 Å². The summed E-state index contributed by atoms with van der Waals surface area (Å²) in [5.74, 6) is 4.09. The molecule has 3 unspecified atom stereocenters. The van der Waals surface area contributed by atoms with Gasteiger partial charge in [0, 0.05) is 0 Å². The highest BCUT2D eigenvalue weighted by atomic mass is 14.9. The van der Waals surface area contributed by atoms with Crippen molar-refractivity contribution < 1.29 is 0 Å². The molecule has 1 heteroatoms. The van der Waals surface area contributed by atoms with E-state index in [1.807, 2.05) is 0 Å². The average Bonchev–Trinajstić information content (AvgIpc) is 2.63. The predicted molar refractivity (Wildman–Crippen MR) is 56.6 cm³/mol. The van der Waals surface area contributed by atoms with Crippen LogP contribution in [-0.4, -0.2) is 13.1 Å². The smallest absolute Gasteiger partial charge is 0.00172 e. The summed E-state index contributed by atoms with van der Waals surface area (Å²) in [6, 6.07) is 0. The van der Waals surface area contributed by atoms with Gasteiger partial charge in [0.15, 0.2) is 0 Å². The Hall–Kier alpha value is -0.0400. The second-order valence-electron chi connectivity index (χ2n) is 5.26. The lowest BCUT2D eigenvalue weighted by molar-refractivity contribution is 0.370. The van der Waals surface area contributed by atoms with E-state index in [2.05, 4.69) is 19.2 Å². The lowest BCUT2D eigenvalue weighted by Gasteiger charge is -2.15. The molecule has 76 valence electrons. The molecule has 13 heavy (non-hydrogen) atoms. The van der Waals surface area contributed by atoms with Gasteiger partial charge in [-0.05, 0) is 56.0 Å². The molecule has 2 rings (SSSR count). The molecule has 2 aliphatic rings. The van der Waals surface area contributed by atoms with Gasteiger partial charge in [0.25, 0.3) is 0 Å². The molecule has 0 bridgehead atoms. The molecule has 0 aromatic rings. The van der Waals surface area contributed by atoms with Gasteiger partial charge in [-0.1, -0.05) is 20.3 Å². The number of hydrogen-bond acceptors (Lipinski definition) is 1. The molecule has 2 fully saturated rings. The standard InChI is InChI=1S/C12H23N/c1-3-9(2)4-10-5-11-7-13-8-12(11)6-10/h9-13H,3-8H2,1-2H3. The molecule has 0 aromatic carbocycles. The third-order valence-electron chi connectivity index (χ3n) is 4.18. The fourth-order valence-corrected chi connectivity index (χ4v) is 3.22. The van der Waals surface area contributed by atoms with E-state index in [0.29, 0.717) is 0 Å². The van der Waals surface area contributed by atoms with Crippen LogP contribution in [0.3, 0.4) is 0 Å². The SMILES string of the molecule is CCC(C)CC1CC2CNCC2C1. The van der Waals surface area contributed by atoms with Gasteiger partial charge >= 0.3 is 0 Å². The van der Waals surface area contributed by atoms with E-state index in [4.69, 9.17) is 0 Å². The maximum absolute atomic E-state index is 3.51. The average molecular weight is 181 g/mol. The number of fused-ring (bicyclic) bond motifs is 1. The van der Waals surface area contributed by atoms with Crippen molar-refractivity contribution in [2.45, 2.75) is 39.5 Å². The van der Waals surface area contributed by atoms with Gasteiger partial charge in [-0.3, -0.25) is 0 Å². The normalized spacial score (nSPS) is 40.6. The molecule has 1 N–H and O–H groups in total. The zero-order chi connectivity index (χ0) is 9.26. The lowest BCUT2D eigenvalue weighted by atomic mass is 9.92. The van der Waals surface area contributed by atoms with Gasteiger partial charge in [-0.15, -0.1) is 0 Å². The molecule has 1 saturated carbocycles. The van der Waals surface area contributed by atoms with Gasteiger partial charge in [0.05, 0.1) is 0 Å². The van der Waals surface area contributed by atoms with Crippen LogP contribution in [0.1, 0.15) is 39.5 Å². The minimum Gasteiger partial charge on any atom is -0.316 e. The first-order valence-electron chi connectivity index (χ1n) is 6.00. The molecule has 1 saturated heterocycles. The molecule has 0 spiro atoms. The molecule has 1 aliphatic heterocycles. The van der Waals surface area contributed by atoms with Gasteiger partial charge < -0.3 is 5.32 Å². The number of nitrogens with one attached hydrogen (secondary N) is 1. The molecule has 1 nitrogen and oxygen atoms in total. The van der Waals surface area contributed by atoms with Crippen LogP contribution in [0.15, 0.2) is 0 Å². The van der Waals surface area contributed by atoms with E-state index < -0.39 is 0 Å². The van der Waals surface area contributed by atoms with Crippen molar-refractivity contribution in [2.75, 3.05) is 13.1 Å². The van der Waals surface area contributed by atoms with Crippen LogP contribution in [0.25, 0.3) is 0 Å². The first-order valence-corrected chi connectivity index (χ1v) is 6.00. The fraction of sp³-hybridized carbons (Fsp3) is 1.00. The summed E-state index contributed by atoms with van der Waals surface area (Å²) in [5.41, 5.74) is 0. The Balaban J connectivity index is 1.78. The monoisotopic (exact) mass is 181 g/mol. The van der Waals surface area contributed by atoms with Crippen molar-refractivity contribution in [3.63, 3.8) is 0 Å². The Morgan fingerprint density at radius 3 is 2.38 bits per heavy atom. The summed E-state index contributed by atoms with van der Waals surface area (Å²) < 4.78 is 0. The van der Waals surface area contributed by atoms with E-state index in [1.54, 1.807) is 0 Å². The van der Waals surface area contributed by atoms with Crippen LogP contribution < -0.4 is 5.32 Å². The minimum atomic E-state index is 0.955. The van der Waals surface area contributed by atoms with Crippen molar-refractivity contribution in [1.29, 1.82) is 0 Å². The highest BCUT2D eigenvalue weighted by molar-refractivity contribution is 4.90. The van der Waals surface area contributed by atoms with Crippen molar-refractivity contribution in [2.24, 2.45) is 23.7 Å². The second-order valence-corrected chi connectivity index (χ2v) is 5.26. The van der Waals surface area contributed by atoms with E-state index in [1.165, 1.54) is 38.8 Å². The quantitative estimate of drug-likeness (QED) is 0.706. The van der Waals surface area contributed by atoms with E-state index in [0.717, 1.165) is 23.7 Å². The maximum atomic E-state index is 3.51. The van der Waals surface area contributed by atoms with Gasteiger partial charge in [0.1, 0.15) is 0 Å². The van der Waals surface area contributed by atoms with E-state index >= 15 is 0 Å². The number of hydrogen-bond donors (Lipinski definition) is 1. The van der Waals surface area contributed by atoms with Crippen LogP contribution >= 0.6 is 0 Å². The molecule has 0 radical (unpaired) electrons. The number of rotatable bonds is 3. The van der Waals surface area contributed by atoms with Crippen LogP contribution in [0.4, 0.5) is 0 Å². The molecular formula is C12H23N. The zero-order valence-electron chi connectivity index (χ0n) is 9.05. The maximum Gasteiger partial charge on any atom is -0.00172 e. The Kier molecular flexibility index (Phi) is 2.92. The third kappa shape index (κ3) is 2.07. The van der Waals surface area contributed by atoms with Gasteiger partial charge in [-0.2, -0.15) is 0 Å². The van der Waals surface area contributed by atoms with Crippen molar-refractivity contribution in [3.8, 4) is 0 Å². The Morgan fingerprint density at radius 2 is 1.85 bits per heavy atom. The molecule has 0 amide bonds. The topological polar surface area (TPSA) is 12.0 Å². The van der Waals surface area contributed by atoms with Crippen LogP contribution in [0, 0.1) is 23.7 Å². The fourth-order valence-electron chi connectivity index (χ4n) is 3.22. The molecule has 1 heterocycles. The minimum absolute atomic E-state index is 0.955. The molecule has 1 aliphatic carbocycles. The Labute approximate surface area is 82.3 Å². The van der Waals surface area contributed by atoms with Gasteiger partial charge in [0.2, 0.25) is 0 Å². The second kappa shape index (κ2) is 4.00. The van der Waals surface area contributed by atoms with E-state index in [-0.39, 0.29) is 0 Å². The molecule has 3 atom stereocenters. The van der Waals surface area contributed by atoms with Crippen LogP contribution in [0.5, 0.6) is 0 Å². The molecule has 0 aromatic heterocycles. The largest absolute Gasteiger partial charge is 0.316 e. The Morgan fingerprint density at radius 1 is 1.23 bits per heavy atom. The summed E-state index contributed by atoms with van der Waals surface area (Å²) in [5, 5.41) is 3.51. The summed E-state index contributed by atoms with van der Waals surface area (Å²) in [4.78, 5) is 0. The molecular weight excluding hydrogens is 158 g/mol. The first-order chi connectivity index (χ1) is 6.29. The zero-order valence-corrected chi connectivity index (χ0v) is 9.05. The van der Waals surface area contributed by atoms with Crippen molar-refractivity contribution >= 4 is 0 Å². The van der Waals surface area contributed by atoms with Crippen LogP contribution in [-0.2, 0) is 0 Å². The van der Waals surface area contributed by atoms with Gasteiger partial charge in [-0.25, -0.2) is 0 Å². The highest BCUT2D eigenvalue weighted by Crippen LogP contribution is 2.41. The van der Waals surface area contributed by atoms with E-state index in [9.17, 15) is 0 Å². The summed E-state index contributed by atoms with van der Waals surface area (Å²) in [6.45, 7) is 7.34.